The van der Waals surface area contributed by atoms with Gasteiger partial charge in [-0.15, -0.1) is 22.9 Å². The van der Waals surface area contributed by atoms with Crippen molar-refractivity contribution in [3.05, 3.63) is 15.6 Å². The van der Waals surface area contributed by atoms with E-state index in [0.29, 0.717) is 11.8 Å². The number of halogens is 1. The highest BCUT2D eigenvalue weighted by Crippen LogP contribution is 2.27. The number of hydrogen-bond acceptors (Lipinski definition) is 3. The molecule has 4 heteroatoms. The van der Waals surface area contributed by atoms with Crippen LogP contribution in [0.5, 0.6) is 0 Å². The Hall–Kier alpha value is -0.120. The Balaban J connectivity index is 2.14. The van der Waals surface area contributed by atoms with Gasteiger partial charge < -0.3 is 5.32 Å². The molecule has 0 bridgehead atoms. The van der Waals surface area contributed by atoms with Gasteiger partial charge in [-0.1, -0.05) is 0 Å². The average molecular weight is 217 g/mol. The maximum absolute atomic E-state index is 5.71. The quantitative estimate of drug-likeness (QED) is 0.781. The summed E-state index contributed by atoms with van der Waals surface area (Å²) in [5.41, 5.74) is 1.17. The first kappa shape index (κ1) is 9.44. The lowest BCUT2D eigenvalue weighted by Crippen LogP contribution is -2.39. The van der Waals surface area contributed by atoms with E-state index < -0.39 is 0 Å². The minimum atomic E-state index is 0.660. The van der Waals surface area contributed by atoms with Crippen LogP contribution < -0.4 is 5.32 Å². The van der Waals surface area contributed by atoms with Crippen LogP contribution in [-0.2, 0) is 6.42 Å². The minimum Gasteiger partial charge on any atom is -0.315 e. The van der Waals surface area contributed by atoms with Gasteiger partial charge in [0.1, 0.15) is 0 Å². The monoisotopic (exact) mass is 216 g/mol. The van der Waals surface area contributed by atoms with Crippen LogP contribution in [0.2, 0.25) is 0 Å². The van der Waals surface area contributed by atoms with Crippen LogP contribution in [0.1, 0.15) is 21.5 Å². The molecule has 0 radical (unpaired) electrons. The molecule has 0 aliphatic carbocycles. The lowest BCUT2D eigenvalue weighted by molar-refractivity contribution is 0.446. The summed E-state index contributed by atoms with van der Waals surface area (Å²) in [5, 5.41) is 4.55. The van der Waals surface area contributed by atoms with Crippen LogP contribution in [0.3, 0.4) is 0 Å². The predicted octanol–water partition coefficient (Wildman–Crippen LogP) is 1.92. The Kier molecular flexibility index (Phi) is 2.86. The van der Waals surface area contributed by atoms with Gasteiger partial charge in [-0.2, -0.15) is 0 Å². The van der Waals surface area contributed by atoms with Crippen LogP contribution in [0.4, 0.5) is 0 Å². The van der Waals surface area contributed by atoms with E-state index in [1.54, 1.807) is 0 Å². The van der Waals surface area contributed by atoms with Crippen molar-refractivity contribution >= 4 is 22.9 Å². The van der Waals surface area contributed by atoms with Crippen LogP contribution >= 0.6 is 22.9 Å². The average Bonchev–Trinajstić information content (AvgIpc) is 2.30. The van der Waals surface area contributed by atoms with Gasteiger partial charge in [0.2, 0.25) is 0 Å². The second-order valence-electron chi connectivity index (χ2n) is 3.35. The summed E-state index contributed by atoms with van der Waals surface area (Å²) in [7, 11) is 0. The second-order valence-corrected chi connectivity index (χ2v) is 4.85. The first-order valence-electron chi connectivity index (χ1n) is 4.54. The van der Waals surface area contributed by atoms with Crippen LogP contribution in [-0.4, -0.2) is 24.0 Å². The summed E-state index contributed by atoms with van der Waals surface area (Å²) in [5.74, 6) is 1.36. The van der Waals surface area contributed by atoms with E-state index in [-0.39, 0.29) is 0 Å². The maximum atomic E-state index is 5.71. The molecule has 1 aliphatic heterocycles. The van der Waals surface area contributed by atoms with Gasteiger partial charge in [-0.25, -0.2) is 4.98 Å². The number of alkyl halides is 1. The molecule has 1 saturated heterocycles. The first-order valence-corrected chi connectivity index (χ1v) is 5.89. The zero-order valence-corrected chi connectivity index (χ0v) is 9.21. The molecule has 0 amide bonds. The third-order valence-corrected chi connectivity index (χ3v) is 3.93. The van der Waals surface area contributed by atoms with E-state index in [1.807, 2.05) is 11.3 Å². The summed E-state index contributed by atoms with van der Waals surface area (Å²) in [6.45, 7) is 4.26. The Morgan fingerprint density at radius 3 is 2.92 bits per heavy atom. The molecule has 1 fully saturated rings. The van der Waals surface area contributed by atoms with Crippen molar-refractivity contribution in [2.75, 3.05) is 19.0 Å². The molecule has 1 aliphatic rings. The van der Waals surface area contributed by atoms with Crippen molar-refractivity contribution in [2.45, 2.75) is 19.3 Å². The molecule has 1 aromatic rings. The lowest BCUT2D eigenvalue weighted by atomic mass is 10.1. The predicted molar refractivity (Wildman–Crippen MR) is 56.9 cm³/mol. The van der Waals surface area contributed by atoms with Crippen molar-refractivity contribution in [1.82, 2.24) is 10.3 Å². The number of nitrogens with zero attached hydrogens (tertiary/aromatic N) is 1. The van der Waals surface area contributed by atoms with Gasteiger partial charge in [0, 0.05) is 29.8 Å². The molecule has 2 nitrogen and oxygen atoms in total. The number of thiazole rings is 1. The van der Waals surface area contributed by atoms with Gasteiger partial charge in [0.25, 0.3) is 0 Å². The van der Waals surface area contributed by atoms with E-state index in [1.165, 1.54) is 15.6 Å². The van der Waals surface area contributed by atoms with Crippen LogP contribution in [0, 0.1) is 6.92 Å². The molecule has 2 rings (SSSR count). The zero-order chi connectivity index (χ0) is 9.26. The highest BCUT2D eigenvalue weighted by Gasteiger charge is 2.22. The summed E-state index contributed by atoms with van der Waals surface area (Å²) in [6, 6.07) is 0. The van der Waals surface area contributed by atoms with Gasteiger partial charge in [0.05, 0.1) is 10.7 Å². The fraction of sp³-hybridized carbons (Fsp3) is 0.667. The first-order chi connectivity index (χ1) is 6.31. The molecule has 0 unspecified atom stereocenters. The molecule has 0 aromatic carbocycles. The number of nitrogens with one attached hydrogen (secondary N) is 1. The van der Waals surface area contributed by atoms with Gasteiger partial charge in [-0.3, -0.25) is 0 Å². The molecule has 1 N–H and O–H groups in total. The number of rotatable bonds is 3. The summed E-state index contributed by atoms with van der Waals surface area (Å²) in [6.07, 6.45) is 0.963. The van der Waals surface area contributed by atoms with Gasteiger partial charge in [0.15, 0.2) is 0 Å². The molecular weight excluding hydrogens is 204 g/mol. The molecule has 13 heavy (non-hydrogen) atoms. The van der Waals surface area contributed by atoms with E-state index in [2.05, 4.69) is 17.2 Å². The third kappa shape index (κ3) is 1.87. The van der Waals surface area contributed by atoms with E-state index in [9.17, 15) is 0 Å². The van der Waals surface area contributed by atoms with Crippen molar-refractivity contribution < 1.29 is 0 Å². The van der Waals surface area contributed by atoms with Crippen molar-refractivity contribution in [2.24, 2.45) is 0 Å². The van der Waals surface area contributed by atoms with Crippen LogP contribution in [0.15, 0.2) is 0 Å². The van der Waals surface area contributed by atoms with Crippen molar-refractivity contribution in [1.29, 1.82) is 0 Å². The summed E-state index contributed by atoms with van der Waals surface area (Å²) >= 11 is 7.54. The summed E-state index contributed by atoms with van der Waals surface area (Å²) in [4.78, 5) is 5.93. The molecule has 72 valence electrons. The Labute approximate surface area is 87.3 Å². The third-order valence-electron chi connectivity index (χ3n) is 2.36. The Bertz CT molecular complexity index is 294. The van der Waals surface area contributed by atoms with Crippen molar-refractivity contribution in [3.63, 3.8) is 0 Å². The molecule has 2 heterocycles. The highest BCUT2D eigenvalue weighted by atomic mass is 35.5. The van der Waals surface area contributed by atoms with E-state index in [4.69, 9.17) is 11.6 Å². The smallest absolute Gasteiger partial charge is 0.0987 e. The van der Waals surface area contributed by atoms with Crippen molar-refractivity contribution in [3.8, 4) is 0 Å². The van der Waals surface area contributed by atoms with Gasteiger partial charge >= 0.3 is 0 Å². The minimum absolute atomic E-state index is 0.660. The van der Waals surface area contributed by atoms with E-state index in [0.717, 1.165) is 19.5 Å². The number of aryl methyl sites for hydroxylation is 2. The fourth-order valence-corrected chi connectivity index (χ4v) is 2.87. The number of aromatic nitrogens is 1. The molecule has 0 spiro atoms. The SMILES string of the molecule is Cc1nc(C2CNC2)sc1CCCl. The van der Waals surface area contributed by atoms with Crippen LogP contribution in [0.25, 0.3) is 0 Å². The Morgan fingerprint density at radius 2 is 2.38 bits per heavy atom. The second kappa shape index (κ2) is 3.95. The molecule has 1 aromatic heterocycles. The zero-order valence-electron chi connectivity index (χ0n) is 7.64. The Morgan fingerprint density at radius 1 is 1.62 bits per heavy atom. The lowest BCUT2D eigenvalue weighted by Gasteiger charge is -2.24. The topological polar surface area (TPSA) is 24.9 Å². The van der Waals surface area contributed by atoms with Gasteiger partial charge in [-0.05, 0) is 13.3 Å². The molecule has 0 atom stereocenters. The summed E-state index contributed by atoms with van der Waals surface area (Å²) < 4.78 is 0. The highest BCUT2D eigenvalue weighted by molar-refractivity contribution is 7.11. The molecular formula is C9H13ClN2S. The van der Waals surface area contributed by atoms with E-state index >= 15 is 0 Å². The maximum Gasteiger partial charge on any atom is 0.0987 e. The molecule has 0 saturated carbocycles. The fourth-order valence-electron chi connectivity index (χ4n) is 1.41. The standard InChI is InChI=1S/C9H13ClN2S/c1-6-8(2-3-10)13-9(12-6)7-4-11-5-7/h7,11H,2-5H2,1H3. The number of hydrogen-bond donors (Lipinski definition) is 1. The normalized spacial score (nSPS) is 17.4. The largest absolute Gasteiger partial charge is 0.315 e.